The molecule has 13 heteroatoms. The van der Waals surface area contributed by atoms with Crippen LogP contribution in [0.3, 0.4) is 0 Å². The summed E-state index contributed by atoms with van der Waals surface area (Å²) in [6, 6.07) is 12.6. The molecule has 4 aliphatic rings. The number of ether oxygens (including phenoxy) is 1. The molecule has 0 spiro atoms. The molecule has 1 saturated heterocycles. The molecule has 3 aromatic rings. The molecule has 0 aliphatic carbocycles. The van der Waals surface area contributed by atoms with Crippen LogP contribution in [0.15, 0.2) is 42.5 Å². The van der Waals surface area contributed by atoms with Gasteiger partial charge in [0.25, 0.3) is 22.0 Å². The first-order valence-corrected chi connectivity index (χ1v) is 16.4. The summed E-state index contributed by atoms with van der Waals surface area (Å²) in [6.07, 6.45) is 2.70. The van der Waals surface area contributed by atoms with Gasteiger partial charge in [0.15, 0.2) is 5.69 Å². The number of anilines is 1. The number of benzene rings is 2. The van der Waals surface area contributed by atoms with Gasteiger partial charge in [0, 0.05) is 45.3 Å². The van der Waals surface area contributed by atoms with Crippen LogP contribution in [0, 0.1) is 0 Å². The van der Waals surface area contributed by atoms with E-state index in [9.17, 15) is 18.0 Å². The number of halogens is 1. The van der Waals surface area contributed by atoms with E-state index < -0.39 is 16.3 Å². The summed E-state index contributed by atoms with van der Waals surface area (Å²) >= 11 is 6.66. The third-order valence-corrected chi connectivity index (χ3v) is 11.4. The fourth-order valence-electron chi connectivity index (χ4n) is 6.65. The molecular weight excluding hydrogens is 592 g/mol. The van der Waals surface area contributed by atoms with Crippen LogP contribution in [-0.2, 0) is 40.9 Å². The number of carbonyl (C=O) groups excluding carboxylic acids is 2. The minimum Gasteiger partial charge on any atom is -0.489 e. The van der Waals surface area contributed by atoms with Gasteiger partial charge >= 0.3 is 0 Å². The number of hydrogen-bond acceptors (Lipinski definition) is 6. The Labute approximate surface area is 255 Å². The number of nitrogens with zero attached hydrogens (tertiary/aromatic N) is 6. The van der Waals surface area contributed by atoms with Gasteiger partial charge in [-0.15, -0.1) is 0 Å². The zero-order valence-corrected chi connectivity index (χ0v) is 25.5. The second-order valence-electron chi connectivity index (χ2n) is 11.5. The lowest BCUT2D eigenvalue weighted by atomic mass is 9.97. The molecule has 1 atom stereocenters. The molecular formula is C30H33ClN6O5S. The fraction of sp³-hybridized carbons (Fsp3) is 0.433. The lowest BCUT2D eigenvalue weighted by Gasteiger charge is -2.34. The number of carbonyl (C=O) groups is 2. The summed E-state index contributed by atoms with van der Waals surface area (Å²) in [5, 5.41) is 5.00. The Kier molecular flexibility index (Phi) is 7.19. The lowest BCUT2D eigenvalue weighted by Crippen LogP contribution is -2.54. The maximum absolute atomic E-state index is 13.9. The van der Waals surface area contributed by atoms with Crippen LogP contribution < -0.4 is 9.64 Å². The van der Waals surface area contributed by atoms with Crippen LogP contribution >= 0.6 is 11.6 Å². The van der Waals surface area contributed by atoms with E-state index in [1.807, 2.05) is 36.4 Å². The predicted octanol–water partition coefficient (Wildman–Crippen LogP) is 2.71. The van der Waals surface area contributed by atoms with Crippen LogP contribution in [0.5, 0.6) is 5.75 Å². The normalized spacial score (nSPS) is 21.3. The molecule has 4 aliphatic heterocycles. The molecule has 43 heavy (non-hydrogen) atoms. The summed E-state index contributed by atoms with van der Waals surface area (Å²) in [4.78, 5) is 30.8. The summed E-state index contributed by atoms with van der Waals surface area (Å²) in [6.45, 7) is 2.43. The Morgan fingerprint density at radius 1 is 0.953 bits per heavy atom. The van der Waals surface area contributed by atoms with Gasteiger partial charge in [-0.3, -0.25) is 9.59 Å². The molecule has 11 nitrogen and oxygen atoms in total. The monoisotopic (exact) mass is 624 g/mol. The number of hydrogen-bond donors (Lipinski definition) is 0. The van der Waals surface area contributed by atoms with Crippen LogP contribution in [0.2, 0.25) is 5.15 Å². The van der Waals surface area contributed by atoms with Gasteiger partial charge in [-0.25, -0.2) is 4.68 Å². The third kappa shape index (κ3) is 4.80. The van der Waals surface area contributed by atoms with E-state index in [2.05, 4.69) is 5.10 Å². The van der Waals surface area contributed by atoms with Crippen molar-refractivity contribution in [3.63, 3.8) is 0 Å². The molecule has 2 amide bonds. The van der Waals surface area contributed by atoms with Crippen molar-refractivity contribution in [2.24, 2.45) is 0 Å². The largest absolute Gasteiger partial charge is 0.489 e. The summed E-state index contributed by atoms with van der Waals surface area (Å²) in [5.74, 6) is -0.0554. The first kappa shape index (κ1) is 28.3. The molecule has 226 valence electrons. The van der Waals surface area contributed by atoms with E-state index in [1.165, 1.54) is 4.31 Å². The Morgan fingerprint density at radius 2 is 1.70 bits per heavy atom. The van der Waals surface area contributed by atoms with Crippen molar-refractivity contribution >= 4 is 39.3 Å². The van der Waals surface area contributed by atoms with E-state index in [0.717, 1.165) is 29.5 Å². The van der Waals surface area contributed by atoms with Crippen molar-refractivity contribution < 1.29 is 22.7 Å². The molecule has 0 bridgehead atoms. The Bertz CT molecular complexity index is 1710. The van der Waals surface area contributed by atoms with E-state index in [4.69, 9.17) is 16.3 Å². The molecule has 1 fully saturated rings. The van der Waals surface area contributed by atoms with Gasteiger partial charge in [0.2, 0.25) is 0 Å². The number of rotatable bonds is 5. The zero-order chi connectivity index (χ0) is 29.9. The van der Waals surface area contributed by atoms with Crippen molar-refractivity contribution in [3.8, 4) is 5.75 Å². The Balaban J connectivity index is 1.12. The van der Waals surface area contributed by atoms with E-state index in [1.54, 1.807) is 31.9 Å². The van der Waals surface area contributed by atoms with Gasteiger partial charge in [0.05, 0.1) is 12.2 Å². The van der Waals surface area contributed by atoms with E-state index in [0.29, 0.717) is 67.7 Å². The minimum atomic E-state index is -3.54. The molecule has 0 unspecified atom stereocenters. The molecule has 0 radical (unpaired) electrons. The van der Waals surface area contributed by atoms with Gasteiger partial charge in [0.1, 0.15) is 23.6 Å². The maximum Gasteiger partial charge on any atom is 0.282 e. The highest BCUT2D eigenvalue weighted by Gasteiger charge is 2.42. The van der Waals surface area contributed by atoms with Crippen LogP contribution in [0.1, 0.15) is 45.6 Å². The molecule has 7 rings (SSSR count). The van der Waals surface area contributed by atoms with Gasteiger partial charge in [-0.05, 0) is 48.4 Å². The number of fused-ring (bicyclic) bond motifs is 4. The number of amides is 2. The van der Waals surface area contributed by atoms with Crippen LogP contribution in [0.25, 0.3) is 0 Å². The smallest absolute Gasteiger partial charge is 0.282 e. The first-order chi connectivity index (χ1) is 20.7. The fourth-order valence-corrected chi connectivity index (χ4v) is 8.60. The average Bonchev–Trinajstić information content (AvgIpc) is 3.65. The van der Waals surface area contributed by atoms with Crippen molar-refractivity contribution in [3.05, 3.63) is 75.6 Å². The number of likely N-dealkylation sites (N-methyl/N-ethyl adjacent to an activating group) is 1. The lowest BCUT2D eigenvalue weighted by molar-refractivity contribution is -0.123. The molecule has 2 aromatic carbocycles. The highest BCUT2D eigenvalue weighted by molar-refractivity contribution is 7.86. The SMILES string of the molecule is CN1C(=O)[C@@H](N2CCc3c(nn(Cc4ccccc4)c3Cl)C2=O)COc2ccc3c(c21)CCN(S(=O)(=O)N1CCCC1)C3. The quantitative estimate of drug-likeness (QED) is 0.432. The zero-order valence-electron chi connectivity index (χ0n) is 23.9. The standard InChI is InChI=1S/C30H33ClN6O5S/c1-33-27-22-11-15-35(43(40,41)34-13-5-6-14-34)18-21(22)9-10-25(27)42-19-24(29(33)38)36-16-12-23-26(30(36)39)32-37(28(23)31)17-20-7-3-2-4-8-20/h2-4,7-10,24H,5-6,11-19H2,1H3/t24-/m0/s1. The summed E-state index contributed by atoms with van der Waals surface area (Å²) in [7, 11) is -1.84. The minimum absolute atomic E-state index is 0.00392. The average molecular weight is 625 g/mol. The summed E-state index contributed by atoms with van der Waals surface area (Å²) in [5.41, 5.74) is 4.37. The predicted molar refractivity (Wildman–Crippen MR) is 160 cm³/mol. The van der Waals surface area contributed by atoms with E-state index >= 15 is 0 Å². The van der Waals surface area contributed by atoms with Gasteiger partial charge < -0.3 is 14.5 Å². The molecule has 1 aromatic heterocycles. The van der Waals surface area contributed by atoms with Crippen LogP contribution in [-0.4, -0.2) is 89.4 Å². The highest BCUT2D eigenvalue weighted by atomic mass is 35.5. The number of aromatic nitrogens is 2. The van der Waals surface area contributed by atoms with Crippen molar-refractivity contribution in [2.45, 2.75) is 44.8 Å². The molecule has 5 heterocycles. The van der Waals surface area contributed by atoms with Crippen molar-refractivity contribution in [1.82, 2.24) is 23.3 Å². The van der Waals surface area contributed by atoms with Gasteiger partial charge in [-0.2, -0.15) is 22.1 Å². The van der Waals surface area contributed by atoms with E-state index in [-0.39, 0.29) is 30.7 Å². The topological polar surface area (TPSA) is 108 Å². The maximum atomic E-state index is 13.9. The highest BCUT2D eigenvalue weighted by Crippen LogP contribution is 2.40. The first-order valence-electron chi connectivity index (χ1n) is 14.6. The molecule has 0 saturated carbocycles. The van der Waals surface area contributed by atoms with Crippen molar-refractivity contribution in [2.75, 3.05) is 44.7 Å². The summed E-state index contributed by atoms with van der Waals surface area (Å²) < 4.78 is 37.4. The Hall–Kier alpha value is -3.45. The second kappa shape index (κ2) is 10.9. The van der Waals surface area contributed by atoms with Crippen molar-refractivity contribution in [1.29, 1.82) is 0 Å². The van der Waals surface area contributed by atoms with Gasteiger partial charge in [-0.1, -0.05) is 48.0 Å². The third-order valence-electron chi connectivity index (χ3n) is 8.97. The van der Waals surface area contributed by atoms with Crippen LogP contribution in [0.4, 0.5) is 5.69 Å². The molecule has 0 N–H and O–H groups in total. The second-order valence-corrected chi connectivity index (χ2v) is 13.8. The Morgan fingerprint density at radius 3 is 2.47 bits per heavy atom.